The Morgan fingerprint density at radius 2 is 1.75 bits per heavy atom. The molecule has 0 unspecified atom stereocenters. The van der Waals surface area contributed by atoms with Crippen LogP contribution >= 0.6 is 0 Å². The van der Waals surface area contributed by atoms with E-state index in [1.165, 1.54) is 12.1 Å². The van der Waals surface area contributed by atoms with E-state index in [9.17, 15) is 13.2 Å². The van der Waals surface area contributed by atoms with Crippen molar-refractivity contribution >= 4 is 21.6 Å². The Balaban J connectivity index is 1.64. The van der Waals surface area contributed by atoms with Crippen LogP contribution in [0.15, 0.2) is 71.9 Å². The highest BCUT2D eigenvalue weighted by molar-refractivity contribution is 7.89. The predicted octanol–water partition coefficient (Wildman–Crippen LogP) is 2.87. The maximum atomic E-state index is 12.4. The third-order valence-corrected chi connectivity index (χ3v) is 5.61. The second-order valence-electron chi connectivity index (χ2n) is 6.66. The number of amides is 1. The van der Waals surface area contributed by atoms with Gasteiger partial charge < -0.3 is 5.32 Å². The minimum Gasteiger partial charge on any atom is -0.322 e. The lowest BCUT2D eigenvalue weighted by atomic mass is 10.1. The first-order valence-corrected chi connectivity index (χ1v) is 10.3. The van der Waals surface area contributed by atoms with Crippen LogP contribution < -0.4 is 10.0 Å². The molecule has 0 radical (unpaired) electrons. The average molecular weight is 398 g/mol. The number of benzene rings is 2. The van der Waals surface area contributed by atoms with Crippen molar-refractivity contribution < 1.29 is 13.2 Å². The van der Waals surface area contributed by atoms with E-state index in [0.717, 1.165) is 5.56 Å². The first kappa shape index (κ1) is 19.8. The van der Waals surface area contributed by atoms with Crippen molar-refractivity contribution in [2.75, 3.05) is 5.32 Å². The van der Waals surface area contributed by atoms with E-state index in [-0.39, 0.29) is 16.8 Å². The molecule has 8 heteroatoms. The Kier molecular flexibility index (Phi) is 5.91. The van der Waals surface area contributed by atoms with Crippen LogP contribution in [0.3, 0.4) is 0 Å². The van der Waals surface area contributed by atoms with Gasteiger partial charge in [-0.15, -0.1) is 0 Å². The Labute approximate surface area is 164 Å². The zero-order valence-electron chi connectivity index (χ0n) is 15.7. The van der Waals surface area contributed by atoms with E-state index in [1.807, 2.05) is 24.4 Å². The number of sulfonamides is 1. The SMILES string of the molecule is CC(C)NS(=O)(=O)c1ccc(NC(=O)c2ccc(Cn3cccn3)cc2)cc1. The maximum Gasteiger partial charge on any atom is 0.255 e. The molecule has 0 fully saturated rings. The Morgan fingerprint density at radius 1 is 1.07 bits per heavy atom. The molecule has 0 bridgehead atoms. The lowest BCUT2D eigenvalue weighted by Gasteiger charge is -2.10. The van der Waals surface area contributed by atoms with Crippen LogP contribution in [0.2, 0.25) is 0 Å². The molecule has 0 spiro atoms. The number of nitrogens with zero attached hydrogens (tertiary/aromatic N) is 2. The summed E-state index contributed by atoms with van der Waals surface area (Å²) in [5, 5.41) is 6.93. The minimum absolute atomic E-state index is 0.155. The number of aromatic nitrogens is 2. The molecule has 3 aromatic rings. The van der Waals surface area contributed by atoms with Gasteiger partial charge in [-0.05, 0) is 61.9 Å². The normalized spacial score (nSPS) is 11.5. The molecular formula is C20H22N4O3S. The van der Waals surface area contributed by atoms with Crippen LogP contribution in [0.5, 0.6) is 0 Å². The topological polar surface area (TPSA) is 93.1 Å². The van der Waals surface area contributed by atoms with Gasteiger partial charge in [-0.1, -0.05) is 12.1 Å². The second-order valence-corrected chi connectivity index (χ2v) is 8.37. The van der Waals surface area contributed by atoms with Crippen molar-refractivity contribution in [1.29, 1.82) is 0 Å². The fraction of sp³-hybridized carbons (Fsp3) is 0.200. The van der Waals surface area contributed by atoms with E-state index >= 15 is 0 Å². The fourth-order valence-electron chi connectivity index (χ4n) is 2.64. The lowest BCUT2D eigenvalue weighted by molar-refractivity contribution is 0.102. The molecule has 0 atom stereocenters. The number of hydrogen-bond donors (Lipinski definition) is 2. The van der Waals surface area contributed by atoms with Crippen molar-refractivity contribution in [3.8, 4) is 0 Å². The molecule has 2 N–H and O–H groups in total. The van der Waals surface area contributed by atoms with Gasteiger partial charge in [0.25, 0.3) is 5.91 Å². The summed E-state index contributed by atoms with van der Waals surface area (Å²) in [5.74, 6) is -0.262. The molecule has 1 aromatic heterocycles. The van der Waals surface area contributed by atoms with Gasteiger partial charge in [0, 0.05) is 29.7 Å². The first-order chi connectivity index (χ1) is 13.3. The molecule has 0 aliphatic carbocycles. The summed E-state index contributed by atoms with van der Waals surface area (Å²) in [6.07, 6.45) is 3.60. The van der Waals surface area contributed by atoms with Crippen molar-refractivity contribution in [2.45, 2.75) is 31.3 Å². The summed E-state index contributed by atoms with van der Waals surface area (Å²) < 4.78 is 28.6. The van der Waals surface area contributed by atoms with E-state index in [0.29, 0.717) is 17.8 Å². The van der Waals surface area contributed by atoms with Gasteiger partial charge in [0.15, 0.2) is 0 Å². The van der Waals surface area contributed by atoms with Crippen LogP contribution in [-0.2, 0) is 16.6 Å². The zero-order chi connectivity index (χ0) is 20.1. The monoisotopic (exact) mass is 398 g/mol. The zero-order valence-corrected chi connectivity index (χ0v) is 16.5. The highest BCUT2D eigenvalue weighted by Crippen LogP contribution is 2.16. The molecular weight excluding hydrogens is 376 g/mol. The highest BCUT2D eigenvalue weighted by Gasteiger charge is 2.15. The third-order valence-electron chi connectivity index (χ3n) is 3.93. The molecule has 0 aliphatic heterocycles. The van der Waals surface area contributed by atoms with Crippen molar-refractivity contribution in [1.82, 2.24) is 14.5 Å². The molecule has 0 aliphatic rings. The van der Waals surface area contributed by atoms with Gasteiger partial charge in [-0.25, -0.2) is 13.1 Å². The quantitative estimate of drug-likeness (QED) is 0.640. The van der Waals surface area contributed by atoms with Crippen LogP contribution in [0.1, 0.15) is 29.8 Å². The summed E-state index contributed by atoms with van der Waals surface area (Å²) in [5.41, 5.74) is 2.07. The van der Waals surface area contributed by atoms with Gasteiger partial charge in [0.05, 0.1) is 11.4 Å². The van der Waals surface area contributed by atoms with Crippen LogP contribution in [0.4, 0.5) is 5.69 Å². The molecule has 2 aromatic carbocycles. The van der Waals surface area contributed by atoms with Crippen molar-refractivity contribution in [3.05, 3.63) is 78.1 Å². The van der Waals surface area contributed by atoms with Gasteiger partial charge >= 0.3 is 0 Å². The Hall–Kier alpha value is -2.97. The second kappa shape index (κ2) is 8.37. The van der Waals surface area contributed by atoms with E-state index in [2.05, 4.69) is 15.1 Å². The Morgan fingerprint density at radius 3 is 2.32 bits per heavy atom. The fourth-order valence-corrected chi connectivity index (χ4v) is 3.89. The van der Waals surface area contributed by atoms with Gasteiger partial charge in [-0.2, -0.15) is 5.10 Å². The standard InChI is InChI=1S/C20H22N4O3S/c1-15(2)23-28(26,27)19-10-8-18(9-11-19)22-20(25)17-6-4-16(5-7-17)14-24-13-3-12-21-24/h3-13,15,23H,14H2,1-2H3,(H,22,25). The van der Waals surface area contributed by atoms with Crippen LogP contribution in [0, 0.1) is 0 Å². The molecule has 1 amide bonds. The number of anilines is 1. The van der Waals surface area contributed by atoms with Crippen molar-refractivity contribution in [3.63, 3.8) is 0 Å². The molecule has 146 valence electrons. The number of rotatable bonds is 7. The number of nitrogens with one attached hydrogen (secondary N) is 2. The predicted molar refractivity (Wildman–Crippen MR) is 108 cm³/mol. The van der Waals surface area contributed by atoms with Crippen LogP contribution in [-0.4, -0.2) is 30.1 Å². The maximum absolute atomic E-state index is 12.4. The smallest absolute Gasteiger partial charge is 0.255 e. The number of carbonyl (C=O) groups excluding carboxylic acids is 1. The molecule has 1 heterocycles. The molecule has 0 saturated heterocycles. The molecule has 0 saturated carbocycles. The number of carbonyl (C=O) groups is 1. The molecule has 3 rings (SSSR count). The first-order valence-electron chi connectivity index (χ1n) is 8.83. The van der Waals surface area contributed by atoms with Crippen molar-refractivity contribution in [2.24, 2.45) is 0 Å². The summed E-state index contributed by atoms with van der Waals surface area (Å²) in [4.78, 5) is 12.6. The van der Waals surface area contributed by atoms with Crippen LogP contribution in [0.25, 0.3) is 0 Å². The summed E-state index contributed by atoms with van der Waals surface area (Å²) in [7, 11) is -3.55. The van der Waals surface area contributed by atoms with E-state index in [4.69, 9.17) is 0 Å². The van der Waals surface area contributed by atoms with E-state index < -0.39 is 10.0 Å². The molecule has 7 nitrogen and oxygen atoms in total. The van der Waals surface area contributed by atoms with E-state index in [1.54, 1.807) is 49.0 Å². The van der Waals surface area contributed by atoms with Gasteiger partial charge in [-0.3, -0.25) is 9.48 Å². The van der Waals surface area contributed by atoms with Gasteiger partial charge in [0.2, 0.25) is 10.0 Å². The Bertz CT molecular complexity index is 1030. The molecule has 28 heavy (non-hydrogen) atoms. The third kappa shape index (κ3) is 5.05. The lowest BCUT2D eigenvalue weighted by Crippen LogP contribution is -2.30. The average Bonchev–Trinajstić information content (AvgIpc) is 3.15. The van der Waals surface area contributed by atoms with Gasteiger partial charge in [0.1, 0.15) is 0 Å². The number of hydrogen-bond acceptors (Lipinski definition) is 4. The summed E-state index contributed by atoms with van der Waals surface area (Å²) in [6.45, 7) is 4.15. The summed E-state index contributed by atoms with van der Waals surface area (Å²) >= 11 is 0. The minimum atomic E-state index is -3.55. The summed E-state index contributed by atoms with van der Waals surface area (Å²) in [6, 6.07) is 15.0. The largest absolute Gasteiger partial charge is 0.322 e. The highest BCUT2D eigenvalue weighted by atomic mass is 32.2.